The maximum atomic E-state index is 5.91. The minimum Gasteiger partial charge on any atom is -0.399 e. The lowest BCUT2D eigenvalue weighted by Gasteiger charge is -2.15. The van der Waals surface area contributed by atoms with Crippen molar-refractivity contribution in [3.8, 4) is 0 Å². The minimum atomic E-state index is 0.873. The number of hydrogen-bond donors (Lipinski definition) is 1. The molecule has 1 atom stereocenters. The summed E-state index contributed by atoms with van der Waals surface area (Å²) in [6, 6.07) is 8.19. The van der Waals surface area contributed by atoms with Crippen molar-refractivity contribution in [2.45, 2.75) is 19.8 Å². The summed E-state index contributed by atoms with van der Waals surface area (Å²) in [5.41, 5.74) is 8.14. The van der Waals surface area contributed by atoms with Crippen LogP contribution in [0.25, 0.3) is 0 Å². The molecule has 1 aliphatic heterocycles. The van der Waals surface area contributed by atoms with Gasteiger partial charge in [0, 0.05) is 18.8 Å². The molecule has 0 amide bonds. The molecular weight excluding hydrogens is 184 g/mol. The predicted octanol–water partition coefficient (Wildman–Crippen LogP) is 2.15. The Bertz CT molecular complexity index is 322. The summed E-state index contributed by atoms with van der Waals surface area (Å²) in [6.45, 7) is 6.00. The summed E-state index contributed by atoms with van der Waals surface area (Å²) in [7, 11) is 0. The van der Waals surface area contributed by atoms with E-state index in [9.17, 15) is 0 Å². The van der Waals surface area contributed by atoms with Crippen molar-refractivity contribution in [1.82, 2.24) is 4.90 Å². The Hall–Kier alpha value is -1.02. The molecule has 1 unspecified atom stereocenters. The van der Waals surface area contributed by atoms with Crippen LogP contribution < -0.4 is 5.73 Å². The summed E-state index contributed by atoms with van der Waals surface area (Å²) in [4.78, 5) is 2.54. The summed E-state index contributed by atoms with van der Waals surface area (Å²) < 4.78 is 0. The van der Waals surface area contributed by atoms with Crippen molar-refractivity contribution in [1.29, 1.82) is 0 Å². The van der Waals surface area contributed by atoms with Crippen LogP contribution in [0.5, 0.6) is 0 Å². The molecule has 0 aliphatic carbocycles. The molecule has 0 radical (unpaired) electrons. The maximum absolute atomic E-state index is 5.91. The predicted molar refractivity (Wildman–Crippen MR) is 64.8 cm³/mol. The van der Waals surface area contributed by atoms with Crippen LogP contribution in [-0.2, 0) is 6.42 Å². The van der Waals surface area contributed by atoms with E-state index >= 15 is 0 Å². The molecule has 1 heterocycles. The Labute approximate surface area is 92.1 Å². The smallest absolute Gasteiger partial charge is 0.0347 e. The van der Waals surface area contributed by atoms with Gasteiger partial charge in [-0.25, -0.2) is 0 Å². The second kappa shape index (κ2) is 4.67. The van der Waals surface area contributed by atoms with Gasteiger partial charge < -0.3 is 10.6 Å². The van der Waals surface area contributed by atoms with Gasteiger partial charge in [0.15, 0.2) is 0 Å². The molecule has 0 saturated carbocycles. The molecule has 1 saturated heterocycles. The zero-order valence-corrected chi connectivity index (χ0v) is 9.45. The van der Waals surface area contributed by atoms with E-state index in [0.717, 1.165) is 24.6 Å². The first-order chi connectivity index (χ1) is 7.25. The highest BCUT2D eigenvalue weighted by molar-refractivity contribution is 5.46. The van der Waals surface area contributed by atoms with Gasteiger partial charge in [0.25, 0.3) is 0 Å². The third-order valence-electron chi connectivity index (χ3n) is 3.26. The SMILES string of the molecule is CC1CCN(CCc2ccccc2N)C1. The fourth-order valence-corrected chi connectivity index (χ4v) is 2.27. The zero-order valence-electron chi connectivity index (χ0n) is 9.45. The first kappa shape index (κ1) is 10.5. The van der Waals surface area contributed by atoms with Gasteiger partial charge >= 0.3 is 0 Å². The normalized spacial score (nSPS) is 22.1. The number of nitrogens with zero attached hydrogens (tertiary/aromatic N) is 1. The lowest BCUT2D eigenvalue weighted by molar-refractivity contribution is 0.332. The second-order valence-corrected chi connectivity index (χ2v) is 4.64. The highest BCUT2D eigenvalue weighted by Crippen LogP contribution is 2.17. The molecule has 82 valence electrons. The molecule has 0 spiro atoms. The van der Waals surface area contributed by atoms with Crippen LogP contribution in [0.4, 0.5) is 5.69 Å². The number of rotatable bonds is 3. The van der Waals surface area contributed by atoms with Crippen molar-refractivity contribution < 1.29 is 0 Å². The van der Waals surface area contributed by atoms with E-state index in [2.05, 4.69) is 24.0 Å². The summed E-state index contributed by atoms with van der Waals surface area (Å²) >= 11 is 0. The van der Waals surface area contributed by atoms with E-state index in [1.54, 1.807) is 0 Å². The van der Waals surface area contributed by atoms with Gasteiger partial charge in [-0.1, -0.05) is 25.1 Å². The van der Waals surface area contributed by atoms with Crippen molar-refractivity contribution >= 4 is 5.69 Å². The average molecular weight is 204 g/mol. The molecule has 1 fully saturated rings. The molecule has 2 nitrogen and oxygen atoms in total. The molecule has 1 aromatic carbocycles. The van der Waals surface area contributed by atoms with Gasteiger partial charge in [-0.2, -0.15) is 0 Å². The van der Waals surface area contributed by atoms with Crippen LogP contribution in [0.1, 0.15) is 18.9 Å². The quantitative estimate of drug-likeness (QED) is 0.764. The molecule has 2 heteroatoms. The third-order valence-corrected chi connectivity index (χ3v) is 3.26. The fraction of sp³-hybridized carbons (Fsp3) is 0.538. The molecule has 0 bridgehead atoms. The van der Waals surface area contributed by atoms with Gasteiger partial charge in [0.05, 0.1) is 0 Å². The monoisotopic (exact) mass is 204 g/mol. The van der Waals surface area contributed by atoms with Gasteiger partial charge in [0.1, 0.15) is 0 Å². The van der Waals surface area contributed by atoms with E-state index in [4.69, 9.17) is 5.73 Å². The second-order valence-electron chi connectivity index (χ2n) is 4.64. The molecule has 2 rings (SSSR count). The third kappa shape index (κ3) is 2.72. The number of hydrogen-bond acceptors (Lipinski definition) is 2. The van der Waals surface area contributed by atoms with Crippen molar-refractivity contribution in [3.63, 3.8) is 0 Å². The number of likely N-dealkylation sites (tertiary alicyclic amines) is 1. The topological polar surface area (TPSA) is 29.3 Å². The molecule has 1 aromatic rings. The summed E-state index contributed by atoms with van der Waals surface area (Å²) in [6.07, 6.45) is 2.43. The highest BCUT2D eigenvalue weighted by Gasteiger charge is 2.17. The van der Waals surface area contributed by atoms with E-state index < -0.39 is 0 Å². The Morgan fingerprint density at radius 2 is 2.20 bits per heavy atom. The first-order valence-corrected chi connectivity index (χ1v) is 5.81. The van der Waals surface area contributed by atoms with Crippen molar-refractivity contribution in [2.24, 2.45) is 5.92 Å². The number of nitrogens with two attached hydrogens (primary N) is 1. The lowest BCUT2D eigenvalue weighted by Crippen LogP contribution is -2.23. The maximum Gasteiger partial charge on any atom is 0.0347 e. The van der Waals surface area contributed by atoms with Crippen LogP contribution >= 0.6 is 0 Å². The molecular formula is C13H20N2. The Morgan fingerprint density at radius 3 is 2.87 bits per heavy atom. The molecule has 2 N–H and O–H groups in total. The first-order valence-electron chi connectivity index (χ1n) is 5.81. The largest absolute Gasteiger partial charge is 0.399 e. The molecule has 0 aromatic heterocycles. The van der Waals surface area contributed by atoms with Crippen LogP contribution in [-0.4, -0.2) is 24.5 Å². The van der Waals surface area contributed by atoms with E-state index in [0.29, 0.717) is 0 Å². The number of benzene rings is 1. The standard InChI is InChI=1S/C13H20N2/c1-11-6-8-15(10-11)9-7-12-4-2-3-5-13(12)14/h2-5,11H,6-10,14H2,1H3. The van der Waals surface area contributed by atoms with Crippen molar-refractivity contribution in [2.75, 3.05) is 25.4 Å². The highest BCUT2D eigenvalue weighted by atomic mass is 15.1. The Morgan fingerprint density at radius 1 is 1.40 bits per heavy atom. The van der Waals surface area contributed by atoms with Gasteiger partial charge in [-0.3, -0.25) is 0 Å². The fourth-order valence-electron chi connectivity index (χ4n) is 2.27. The zero-order chi connectivity index (χ0) is 10.7. The number of para-hydroxylation sites is 1. The number of anilines is 1. The van der Waals surface area contributed by atoms with Gasteiger partial charge in [-0.05, 0) is 36.9 Å². The summed E-state index contributed by atoms with van der Waals surface area (Å²) in [5, 5.41) is 0. The van der Waals surface area contributed by atoms with E-state index in [-0.39, 0.29) is 0 Å². The van der Waals surface area contributed by atoms with Crippen LogP contribution in [0.15, 0.2) is 24.3 Å². The minimum absolute atomic E-state index is 0.873. The van der Waals surface area contributed by atoms with E-state index in [1.165, 1.54) is 25.1 Å². The van der Waals surface area contributed by atoms with Crippen molar-refractivity contribution in [3.05, 3.63) is 29.8 Å². The van der Waals surface area contributed by atoms with Crippen LogP contribution in [0.3, 0.4) is 0 Å². The van der Waals surface area contributed by atoms with Gasteiger partial charge in [0.2, 0.25) is 0 Å². The Kier molecular flexibility index (Phi) is 3.27. The van der Waals surface area contributed by atoms with Crippen LogP contribution in [0, 0.1) is 5.92 Å². The Balaban J connectivity index is 1.86. The van der Waals surface area contributed by atoms with E-state index in [1.807, 2.05) is 12.1 Å². The molecule has 15 heavy (non-hydrogen) atoms. The lowest BCUT2D eigenvalue weighted by atomic mass is 10.1. The average Bonchev–Trinajstić information content (AvgIpc) is 2.63. The molecule has 1 aliphatic rings. The number of nitrogen functional groups attached to an aromatic ring is 1. The summed E-state index contributed by atoms with van der Waals surface area (Å²) in [5.74, 6) is 0.873. The van der Waals surface area contributed by atoms with Crippen LogP contribution in [0.2, 0.25) is 0 Å². The van der Waals surface area contributed by atoms with Gasteiger partial charge in [-0.15, -0.1) is 0 Å².